The molecule has 3 atom stereocenters. The summed E-state index contributed by atoms with van der Waals surface area (Å²) < 4.78 is 0. The molecule has 0 radical (unpaired) electrons. The SMILES string of the molecule is CC[C@@H]1/C(=N/O)C[C@@H](c2ccc([N+](=O)[O-])cc2)N[C@@H]1c1ccc([N+](=O)[O-])cc1. The first-order chi connectivity index (χ1) is 13.4. The number of hydrogen-bond acceptors (Lipinski definition) is 7. The van der Waals surface area contributed by atoms with Gasteiger partial charge in [-0.15, -0.1) is 0 Å². The molecule has 0 aliphatic carbocycles. The molecule has 2 aromatic rings. The van der Waals surface area contributed by atoms with Gasteiger partial charge in [-0.05, 0) is 17.5 Å². The van der Waals surface area contributed by atoms with Crippen LogP contribution in [0.15, 0.2) is 53.7 Å². The van der Waals surface area contributed by atoms with Crippen molar-refractivity contribution in [2.45, 2.75) is 31.8 Å². The quantitative estimate of drug-likeness (QED) is 0.452. The van der Waals surface area contributed by atoms with Crippen molar-refractivity contribution in [1.82, 2.24) is 5.32 Å². The zero-order valence-corrected chi connectivity index (χ0v) is 15.2. The largest absolute Gasteiger partial charge is 0.411 e. The van der Waals surface area contributed by atoms with E-state index in [1.807, 2.05) is 6.92 Å². The number of oxime groups is 1. The van der Waals surface area contributed by atoms with Crippen molar-refractivity contribution in [3.8, 4) is 0 Å². The molecule has 1 aliphatic rings. The molecule has 2 N–H and O–H groups in total. The molecule has 146 valence electrons. The van der Waals surface area contributed by atoms with E-state index in [2.05, 4.69) is 10.5 Å². The summed E-state index contributed by atoms with van der Waals surface area (Å²) in [7, 11) is 0. The third kappa shape index (κ3) is 3.84. The Labute approximate surface area is 161 Å². The maximum absolute atomic E-state index is 10.9. The third-order valence-electron chi connectivity index (χ3n) is 5.16. The van der Waals surface area contributed by atoms with Crippen LogP contribution in [-0.2, 0) is 0 Å². The van der Waals surface area contributed by atoms with Crippen molar-refractivity contribution in [3.05, 3.63) is 79.9 Å². The summed E-state index contributed by atoms with van der Waals surface area (Å²) in [4.78, 5) is 20.9. The van der Waals surface area contributed by atoms with Gasteiger partial charge >= 0.3 is 0 Å². The van der Waals surface area contributed by atoms with Gasteiger partial charge in [0, 0.05) is 48.7 Å². The van der Waals surface area contributed by atoms with Crippen molar-refractivity contribution >= 4 is 17.1 Å². The predicted octanol–water partition coefficient (Wildman–Crippen LogP) is 4.14. The maximum Gasteiger partial charge on any atom is 0.269 e. The Balaban J connectivity index is 1.93. The minimum absolute atomic E-state index is 0.00830. The van der Waals surface area contributed by atoms with Gasteiger partial charge in [-0.1, -0.05) is 36.3 Å². The molecule has 0 bridgehead atoms. The van der Waals surface area contributed by atoms with Gasteiger partial charge in [0.1, 0.15) is 0 Å². The Morgan fingerprint density at radius 2 is 1.50 bits per heavy atom. The van der Waals surface area contributed by atoms with Crippen molar-refractivity contribution in [2.24, 2.45) is 11.1 Å². The molecule has 0 saturated carbocycles. The first-order valence-electron chi connectivity index (χ1n) is 8.90. The maximum atomic E-state index is 10.9. The van der Waals surface area contributed by atoms with E-state index in [9.17, 15) is 25.4 Å². The Hall–Kier alpha value is -3.33. The molecular weight excluding hydrogens is 364 g/mol. The predicted molar refractivity (Wildman–Crippen MR) is 102 cm³/mol. The number of piperidine rings is 1. The number of benzene rings is 2. The monoisotopic (exact) mass is 384 g/mol. The van der Waals surface area contributed by atoms with Crippen LogP contribution in [0.25, 0.3) is 0 Å². The molecule has 9 heteroatoms. The van der Waals surface area contributed by atoms with Crippen molar-refractivity contribution in [2.75, 3.05) is 0 Å². The van der Waals surface area contributed by atoms with E-state index in [-0.39, 0.29) is 29.4 Å². The van der Waals surface area contributed by atoms with E-state index in [0.717, 1.165) is 17.5 Å². The van der Waals surface area contributed by atoms with Gasteiger partial charge in [-0.2, -0.15) is 0 Å². The van der Waals surface area contributed by atoms with Gasteiger partial charge in [0.05, 0.1) is 15.6 Å². The number of hydrogen-bond donors (Lipinski definition) is 2. The molecule has 0 spiro atoms. The Morgan fingerprint density at radius 3 is 1.93 bits per heavy atom. The summed E-state index contributed by atoms with van der Waals surface area (Å²) in [5.41, 5.74) is 2.34. The van der Waals surface area contributed by atoms with Gasteiger partial charge in [-0.25, -0.2) is 0 Å². The highest BCUT2D eigenvalue weighted by atomic mass is 16.6. The van der Waals surface area contributed by atoms with Gasteiger partial charge < -0.3 is 10.5 Å². The fraction of sp³-hybridized carbons (Fsp3) is 0.316. The van der Waals surface area contributed by atoms with Crippen molar-refractivity contribution in [3.63, 3.8) is 0 Å². The number of nitro groups is 2. The van der Waals surface area contributed by atoms with Crippen molar-refractivity contribution < 1.29 is 15.1 Å². The second-order valence-corrected chi connectivity index (χ2v) is 6.70. The lowest BCUT2D eigenvalue weighted by Crippen LogP contribution is -2.42. The van der Waals surface area contributed by atoms with Gasteiger partial charge in [0.15, 0.2) is 0 Å². The summed E-state index contributed by atoms with van der Waals surface area (Å²) in [5.74, 6) is -0.0687. The Morgan fingerprint density at radius 1 is 1.00 bits per heavy atom. The van der Waals surface area contributed by atoms with Crippen molar-refractivity contribution in [1.29, 1.82) is 0 Å². The first-order valence-corrected chi connectivity index (χ1v) is 8.90. The molecule has 1 fully saturated rings. The van der Waals surface area contributed by atoms with Crippen LogP contribution in [0.1, 0.15) is 43.0 Å². The zero-order chi connectivity index (χ0) is 20.3. The molecule has 3 rings (SSSR count). The normalized spacial score (nSPS) is 23.5. The highest BCUT2D eigenvalue weighted by Gasteiger charge is 2.36. The van der Waals surface area contributed by atoms with E-state index >= 15 is 0 Å². The summed E-state index contributed by atoms with van der Waals surface area (Å²) in [6.45, 7) is 1.99. The minimum Gasteiger partial charge on any atom is -0.411 e. The second kappa shape index (κ2) is 8.13. The van der Waals surface area contributed by atoms with Gasteiger partial charge in [-0.3, -0.25) is 20.2 Å². The number of non-ortho nitro benzene ring substituents is 2. The summed E-state index contributed by atoms with van der Waals surface area (Å²) in [6.07, 6.45) is 1.19. The van der Waals surface area contributed by atoms with Crippen LogP contribution in [0.5, 0.6) is 0 Å². The number of nitro benzene ring substituents is 2. The van der Waals surface area contributed by atoms with Gasteiger partial charge in [0.25, 0.3) is 11.4 Å². The Bertz CT molecular complexity index is 896. The van der Waals surface area contributed by atoms with Crippen LogP contribution in [0.2, 0.25) is 0 Å². The lowest BCUT2D eigenvalue weighted by molar-refractivity contribution is -0.385. The third-order valence-corrected chi connectivity index (χ3v) is 5.16. The van der Waals surface area contributed by atoms with E-state index in [0.29, 0.717) is 12.1 Å². The number of rotatable bonds is 5. The van der Waals surface area contributed by atoms with Crippen LogP contribution in [-0.4, -0.2) is 20.8 Å². The molecule has 0 amide bonds. The standard InChI is InChI=1S/C19H20N4O5/c1-2-16-18(21-24)11-17(12-3-7-14(8-4-12)22(25)26)20-19(16)13-5-9-15(10-6-13)23(27)28/h3-10,16-17,19-20,24H,2,11H2,1H3/b21-18+/t16-,17+,19-/m1/s1. The van der Waals surface area contributed by atoms with E-state index < -0.39 is 9.85 Å². The van der Waals surface area contributed by atoms with Crippen LogP contribution < -0.4 is 5.32 Å². The molecule has 0 unspecified atom stereocenters. The Kier molecular flexibility index (Phi) is 5.65. The smallest absolute Gasteiger partial charge is 0.269 e. The number of nitrogens with zero attached hydrogens (tertiary/aromatic N) is 3. The fourth-order valence-corrected chi connectivity index (χ4v) is 3.71. The molecule has 0 aromatic heterocycles. The van der Waals surface area contributed by atoms with E-state index in [1.54, 1.807) is 24.3 Å². The molecule has 28 heavy (non-hydrogen) atoms. The van der Waals surface area contributed by atoms with Crippen LogP contribution in [0, 0.1) is 26.1 Å². The summed E-state index contributed by atoms with van der Waals surface area (Å²) >= 11 is 0. The first kappa shape index (κ1) is 19.4. The highest BCUT2D eigenvalue weighted by molar-refractivity contribution is 5.88. The molecular formula is C19H20N4O5. The van der Waals surface area contributed by atoms with Crippen LogP contribution in [0.4, 0.5) is 11.4 Å². The molecule has 1 heterocycles. The van der Waals surface area contributed by atoms with E-state index in [4.69, 9.17) is 0 Å². The van der Waals surface area contributed by atoms with Crippen LogP contribution in [0.3, 0.4) is 0 Å². The average Bonchev–Trinajstić information content (AvgIpc) is 2.72. The van der Waals surface area contributed by atoms with Gasteiger partial charge in [0.2, 0.25) is 0 Å². The second-order valence-electron chi connectivity index (χ2n) is 6.70. The highest BCUT2D eigenvalue weighted by Crippen LogP contribution is 2.37. The van der Waals surface area contributed by atoms with Crippen LogP contribution >= 0.6 is 0 Å². The summed E-state index contributed by atoms with van der Waals surface area (Å²) in [5, 5.41) is 38.3. The fourth-order valence-electron chi connectivity index (χ4n) is 3.71. The lowest BCUT2D eigenvalue weighted by atomic mass is 9.79. The molecule has 1 aliphatic heterocycles. The minimum atomic E-state index is -0.453. The number of nitrogens with one attached hydrogen (secondary N) is 1. The molecule has 2 aromatic carbocycles. The topological polar surface area (TPSA) is 131 Å². The summed E-state index contributed by atoms with van der Waals surface area (Å²) in [6, 6.07) is 12.2. The molecule has 1 saturated heterocycles. The lowest BCUT2D eigenvalue weighted by Gasteiger charge is -2.38. The zero-order valence-electron chi connectivity index (χ0n) is 15.2. The molecule has 9 nitrogen and oxygen atoms in total. The average molecular weight is 384 g/mol. The van der Waals surface area contributed by atoms with E-state index in [1.165, 1.54) is 24.3 Å².